The molecule has 3 aliphatic rings. The molecule has 58 heavy (non-hydrogen) atoms. The third-order valence-electron chi connectivity index (χ3n) is 10.3. The van der Waals surface area contributed by atoms with Gasteiger partial charge >= 0.3 is 12.1 Å². The topological polar surface area (TPSA) is 189 Å². The zero-order valence-corrected chi connectivity index (χ0v) is 36.5. The number of Topliss-reactive ketones (excluding diaryl/α,β-unsaturated/α-hetero) is 1. The highest BCUT2D eigenvalue weighted by atomic mass is 32.2. The van der Waals surface area contributed by atoms with Gasteiger partial charge in [0.1, 0.15) is 17.7 Å². The first-order valence-electron chi connectivity index (χ1n) is 20.7. The number of ether oxygens (including phenoxy) is 2. The molecule has 0 radical (unpaired) electrons. The van der Waals surface area contributed by atoms with Crippen LogP contribution < -0.4 is 21.3 Å². The molecule has 16 heteroatoms. The second-order valence-corrected chi connectivity index (χ2v) is 20.1. The van der Waals surface area contributed by atoms with Crippen LogP contribution in [0.4, 0.5) is 4.79 Å². The molecule has 14 nitrogen and oxygen atoms in total. The van der Waals surface area contributed by atoms with Gasteiger partial charge in [0.2, 0.25) is 23.5 Å². The Morgan fingerprint density at radius 3 is 2.21 bits per heavy atom. The number of hydrogen-bond acceptors (Lipinski definition) is 11. The number of hydrogen-bond donors (Lipinski definition) is 4. The van der Waals surface area contributed by atoms with Crippen molar-refractivity contribution < 1.29 is 43.0 Å². The van der Waals surface area contributed by atoms with E-state index in [2.05, 4.69) is 21.3 Å². The third kappa shape index (κ3) is 13.9. The van der Waals surface area contributed by atoms with E-state index in [9.17, 15) is 33.6 Å². The van der Waals surface area contributed by atoms with E-state index in [0.29, 0.717) is 31.4 Å². The Bertz CT molecular complexity index is 1590. The molecule has 1 aliphatic carbocycles. The number of benzene rings is 1. The van der Waals surface area contributed by atoms with E-state index in [-0.39, 0.29) is 30.8 Å². The lowest BCUT2D eigenvalue weighted by atomic mass is 9.83. The predicted octanol–water partition coefficient (Wildman–Crippen LogP) is 5.04. The van der Waals surface area contributed by atoms with Crippen molar-refractivity contribution in [2.45, 2.75) is 140 Å². The first-order chi connectivity index (χ1) is 27.5. The molecular formula is C42H63N5O9S2. The van der Waals surface area contributed by atoms with Gasteiger partial charge < -0.3 is 35.6 Å². The largest absolute Gasteiger partial charge is 0.458 e. The summed E-state index contributed by atoms with van der Waals surface area (Å²) >= 11 is 3.45. The highest BCUT2D eigenvalue weighted by molar-refractivity contribution is 8.18. The Labute approximate surface area is 351 Å². The molecule has 1 saturated carbocycles. The number of carbonyl (C=O) groups excluding carboxylic acids is 7. The molecule has 5 amide bonds. The number of nitrogens with zero attached hydrogens (tertiary/aromatic N) is 1. The number of carbonyl (C=O) groups is 7. The fourth-order valence-corrected chi connectivity index (χ4v) is 10.8. The number of alkyl carbamates (subject to hydrolysis) is 1. The van der Waals surface area contributed by atoms with Crippen LogP contribution in [0.3, 0.4) is 0 Å². The lowest BCUT2D eigenvalue weighted by Gasteiger charge is -2.35. The molecule has 0 bridgehead atoms. The monoisotopic (exact) mass is 845 g/mol. The van der Waals surface area contributed by atoms with Crippen LogP contribution in [-0.2, 0) is 38.2 Å². The molecule has 1 aromatic carbocycles. The molecule has 1 aromatic rings. The molecule has 322 valence electrons. The van der Waals surface area contributed by atoms with Crippen molar-refractivity contribution in [3.8, 4) is 0 Å². The first-order valence-corrected chi connectivity index (χ1v) is 22.7. The van der Waals surface area contributed by atoms with Crippen LogP contribution in [0.1, 0.15) is 117 Å². The highest BCUT2D eigenvalue weighted by Crippen LogP contribution is 2.50. The number of nitrogens with one attached hydrogen (secondary N) is 4. The lowest BCUT2D eigenvalue weighted by Crippen LogP contribution is -2.58. The summed E-state index contributed by atoms with van der Waals surface area (Å²) in [6.07, 6.45) is 6.47. The average molecular weight is 846 g/mol. The van der Waals surface area contributed by atoms with Crippen molar-refractivity contribution in [2.24, 2.45) is 11.8 Å². The molecule has 0 aromatic heterocycles. The van der Waals surface area contributed by atoms with Crippen LogP contribution >= 0.6 is 23.5 Å². The molecule has 4 N–H and O–H groups in total. The van der Waals surface area contributed by atoms with Crippen LogP contribution in [-0.4, -0.2) is 105 Å². The smallest absolute Gasteiger partial charge is 0.407 e. The fraction of sp³-hybridized carbons (Fsp3) is 0.690. The Morgan fingerprint density at radius 2 is 1.59 bits per heavy atom. The van der Waals surface area contributed by atoms with Crippen molar-refractivity contribution in [1.29, 1.82) is 0 Å². The van der Waals surface area contributed by atoms with Crippen LogP contribution in [0.2, 0.25) is 0 Å². The van der Waals surface area contributed by atoms with Crippen LogP contribution in [0.25, 0.3) is 0 Å². The quantitative estimate of drug-likeness (QED) is 0.121. The zero-order valence-electron chi connectivity index (χ0n) is 34.9. The molecule has 3 fully saturated rings. The van der Waals surface area contributed by atoms with Gasteiger partial charge in [-0.1, -0.05) is 83.2 Å². The minimum Gasteiger partial charge on any atom is -0.458 e. The van der Waals surface area contributed by atoms with Crippen LogP contribution in [0, 0.1) is 11.8 Å². The van der Waals surface area contributed by atoms with Crippen molar-refractivity contribution in [3.05, 3.63) is 35.9 Å². The number of ketones is 1. The van der Waals surface area contributed by atoms with Gasteiger partial charge in [0.05, 0.1) is 23.3 Å². The molecule has 2 heterocycles. The third-order valence-corrected chi connectivity index (χ3v) is 13.6. The fourth-order valence-electron chi connectivity index (χ4n) is 7.42. The summed E-state index contributed by atoms with van der Waals surface area (Å²) in [7, 11) is 0. The Kier molecular flexibility index (Phi) is 17.8. The Balaban J connectivity index is 1.49. The van der Waals surface area contributed by atoms with Crippen LogP contribution in [0.5, 0.6) is 0 Å². The van der Waals surface area contributed by atoms with E-state index in [4.69, 9.17) is 9.47 Å². The van der Waals surface area contributed by atoms with Gasteiger partial charge in [-0.3, -0.25) is 24.0 Å². The maximum atomic E-state index is 14.6. The highest BCUT2D eigenvalue weighted by Gasteiger charge is 2.52. The molecule has 4 atom stereocenters. The second kappa shape index (κ2) is 22.0. The van der Waals surface area contributed by atoms with E-state index >= 15 is 0 Å². The van der Waals surface area contributed by atoms with Gasteiger partial charge in [0.15, 0.2) is 6.04 Å². The van der Waals surface area contributed by atoms with Crippen molar-refractivity contribution in [2.75, 3.05) is 31.2 Å². The lowest BCUT2D eigenvalue weighted by molar-refractivity contribution is -0.158. The summed E-state index contributed by atoms with van der Waals surface area (Å²) in [5.74, 6) is -2.56. The molecule has 1 spiro atoms. The normalized spacial score (nSPS) is 19.7. The number of rotatable bonds is 17. The minimum atomic E-state index is -1.22. The summed E-state index contributed by atoms with van der Waals surface area (Å²) < 4.78 is 10.5. The van der Waals surface area contributed by atoms with Gasteiger partial charge in [0.25, 0.3) is 5.91 Å². The van der Waals surface area contributed by atoms with Crippen molar-refractivity contribution >= 4 is 65.0 Å². The van der Waals surface area contributed by atoms with Gasteiger partial charge in [-0.2, -0.15) is 0 Å². The number of likely N-dealkylation sites (tertiary alicyclic amines) is 1. The number of amides is 5. The van der Waals surface area contributed by atoms with Crippen LogP contribution in [0.15, 0.2) is 30.3 Å². The number of unbranched alkanes of at least 4 members (excludes halogenated alkanes) is 1. The standard InChI is InChI=1S/C42H63N5O9S2/c1-7-8-20-30(35(49)37(51)43-24-32(48)45-34(29-18-13-10-14-19-29)39(53)56-41(4,5)6)44-36(50)31-23-42(57-21-15-22-58-42)26-47(31)38(52)33(28-16-11-9-12-17-28)46-40(54)55-25-27(2)3/h10,13-14,18-19,27-28,30-31,33-34H,7-9,11-12,15-17,20-26H2,1-6H3,(H,43,51)(H,44,50)(H,45,48)(H,46,54). The molecule has 4 unspecified atom stereocenters. The molecule has 4 rings (SSSR count). The van der Waals surface area contributed by atoms with Crippen molar-refractivity contribution in [3.63, 3.8) is 0 Å². The van der Waals surface area contributed by atoms with Gasteiger partial charge in [-0.25, -0.2) is 9.59 Å². The maximum Gasteiger partial charge on any atom is 0.407 e. The van der Waals surface area contributed by atoms with E-state index in [1.165, 1.54) is 0 Å². The number of thioether (sulfide) groups is 2. The van der Waals surface area contributed by atoms with E-state index in [1.54, 1.807) is 79.5 Å². The minimum absolute atomic E-state index is 0.111. The molecular weight excluding hydrogens is 783 g/mol. The number of esters is 1. The summed E-state index contributed by atoms with van der Waals surface area (Å²) in [6.45, 7) is 10.8. The Hall–Kier alpha value is -3.79. The summed E-state index contributed by atoms with van der Waals surface area (Å²) in [5.41, 5.74) is -0.340. The van der Waals surface area contributed by atoms with Gasteiger partial charge in [0, 0.05) is 13.0 Å². The molecule has 2 saturated heterocycles. The van der Waals surface area contributed by atoms with E-state index in [1.807, 2.05) is 20.8 Å². The van der Waals surface area contributed by atoms with E-state index in [0.717, 1.165) is 50.0 Å². The predicted molar refractivity (Wildman–Crippen MR) is 225 cm³/mol. The summed E-state index contributed by atoms with van der Waals surface area (Å²) in [6, 6.07) is 4.34. The summed E-state index contributed by atoms with van der Waals surface area (Å²) in [4.78, 5) is 96.7. The average Bonchev–Trinajstić information content (AvgIpc) is 3.56. The first kappa shape index (κ1) is 46.9. The van der Waals surface area contributed by atoms with Gasteiger partial charge in [-0.15, -0.1) is 23.5 Å². The van der Waals surface area contributed by atoms with E-state index < -0.39 is 76.0 Å². The SMILES string of the molecule is CCCCC(NC(=O)C1CC2(CN1C(=O)C(NC(=O)OCC(C)C)C1CCCCC1)SCCCS2)C(=O)C(=O)NCC(=O)NC(C(=O)OC(C)(C)C)c1ccccc1. The second-order valence-electron chi connectivity index (χ2n) is 16.9. The van der Waals surface area contributed by atoms with Gasteiger partial charge in [-0.05, 0) is 75.4 Å². The summed E-state index contributed by atoms with van der Waals surface area (Å²) in [5, 5.41) is 10.6. The zero-order chi connectivity index (χ0) is 42.5. The Morgan fingerprint density at radius 1 is 0.914 bits per heavy atom. The molecule has 2 aliphatic heterocycles. The maximum absolute atomic E-state index is 14.6. The van der Waals surface area contributed by atoms with Crippen molar-refractivity contribution in [1.82, 2.24) is 26.2 Å².